The van der Waals surface area contributed by atoms with E-state index >= 15 is 0 Å². The topological polar surface area (TPSA) is 82.6 Å². The van der Waals surface area contributed by atoms with Gasteiger partial charge in [0.1, 0.15) is 11.9 Å². The second-order valence-electron chi connectivity index (χ2n) is 9.07. The first-order valence-electron chi connectivity index (χ1n) is 11.3. The molecular formula is C23H26F4N4O3S. The molecule has 0 saturated carbocycles. The van der Waals surface area contributed by atoms with Gasteiger partial charge in [0.15, 0.2) is 5.82 Å². The van der Waals surface area contributed by atoms with Crippen molar-refractivity contribution in [1.29, 1.82) is 0 Å². The number of anilines is 1. The Balaban J connectivity index is 1.45. The van der Waals surface area contributed by atoms with E-state index in [4.69, 9.17) is 0 Å². The number of carbonyl (C=O) groups is 1. The summed E-state index contributed by atoms with van der Waals surface area (Å²) in [5.74, 6) is -4.60. The largest absolute Gasteiger partial charge is 0.369 e. The van der Waals surface area contributed by atoms with Crippen LogP contribution < -0.4 is 10.2 Å². The van der Waals surface area contributed by atoms with Crippen molar-refractivity contribution in [3.63, 3.8) is 0 Å². The molecule has 1 aromatic heterocycles. The van der Waals surface area contributed by atoms with Gasteiger partial charge in [0, 0.05) is 32.5 Å². The first kappa shape index (κ1) is 25.4. The van der Waals surface area contributed by atoms with Crippen molar-refractivity contribution in [1.82, 2.24) is 14.6 Å². The zero-order valence-corrected chi connectivity index (χ0v) is 19.9. The van der Waals surface area contributed by atoms with E-state index in [0.29, 0.717) is 12.1 Å². The molecule has 0 radical (unpaired) electrons. The minimum Gasteiger partial charge on any atom is -0.369 e. The van der Waals surface area contributed by atoms with Crippen LogP contribution in [0.1, 0.15) is 31.9 Å². The summed E-state index contributed by atoms with van der Waals surface area (Å²) in [6.45, 7) is 1.87. The van der Waals surface area contributed by atoms with Crippen LogP contribution in [0.3, 0.4) is 0 Å². The normalized spacial score (nSPS) is 22.8. The van der Waals surface area contributed by atoms with Gasteiger partial charge in [-0.05, 0) is 42.7 Å². The number of sulfonamides is 1. The molecule has 0 aliphatic carbocycles. The third kappa shape index (κ3) is 5.58. The van der Waals surface area contributed by atoms with E-state index < -0.39 is 39.5 Å². The predicted molar refractivity (Wildman–Crippen MR) is 120 cm³/mol. The Labute approximate surface area is 201 Å². The molecule has 0 spiro atoms. The van der Waals surface area contributed by atoms with E-state index in [9.17, 15) is 30.8 Å². The van der Waals surface area contributed by atoms with Crippen molar-refractivity contribution in [3.8, 4) is 0 Å². The van der Waals surface area contributed by atoms with Gasteiger partial charge in [-0.25, -0.2) is 26.0 Å². The van der Waals surface area contributed by atoms with Crippen LogP contribution in [0.2, 0.25) is 0 Å². The van der Waals surface area contributed by atoms with Crippen molar-refractivity contribution in [2.24, 2.45) is 5.92 Å². The highest BCUT2D eigenvalue weighted by atomic mass is 32.2. The fourth-order valence-corrected chi connectivity index (χ4v) is 6.15. The van der Waals surface area contributed by atoms with Crippen LogP contribution in [-0.4, -0.2) is 55.2 Å². The molecule has 2 aliphatic rings. The lowest BCUT2D eigenvalue weighted by Crippen LogP contribution is -2.45. The molecule has 2 atom stereocenters. The van der Waals surface area contributed by atoms with Gasteiger partial charge in [-0.15, -0.1) is 0 Å². The molecule has 2 saturated heterocycles. The molecule has 1 amide bonds. The zero-order chi connectivity index (χ0) is 25.4. The van der Waals surface area contributed by atoms with Crippen LogP contribution in [0.4, 0.5) is 23.2 Å². The highest BCUT2D eigenvalue weighted by molar-refractivity contribution is 7.89. The van der Waals surface area contributed by atoms with Crippen LogP contribution in [-0.2, 0) is 21.4 Å². The van der Waals surface area contributed by atoms with Crippen LogP contribution in [0.25, 0.3) is 0 Å². The molecule has 0 unspecified atom stereocenters. The summed E-state index contributed by atoms with van der Waals surface area (Å²) in [6.07, 6.45) is 0.529. The molecule has 1 aromatic carbocycles. The standard InChI is InChI=1S/C23H26F4N4O3S/c1-15-10-21(31(14-15)35(33,34)18-4-2-16(24)3-5-18)22(32)29-12-17-11-20(19(25)13-28-17)30-8-6-23(26,27)7-9-30/h2-5,11,13,15,21H,6-10,12,14H2,1H3,(H,29,32)/t15-,21+/m1/s1. The smallest absolute Gasteiger partial charge is 0.251 e. The number of rotatable bonds is 6. The molecule has 35 heavy (non-hydrogen) atoms. The maximum absolute atomic E-state index is 14.3. The molecule has 2 aromatic rings. The number of carbonyl (C=O) groups excluding carboxylic acids is 1. The third-order valence-corrected chi connectivity index (χ3v) is 8.25. The van der Waals surface area contributed by atoms with Gasteiger partial charge >= 0.3 is 0 Å². The number of amides is 1. The van der Waals surface area contributed by atoms with Gasteiger partial charge < -0.3 is 10.2 Å². The summed E-state index contributed by atoms with van der Waals surface area (Å²) in [7, 11) is -4.03. The van der Waals surface area contributed by atoms with Gasteiger partial charge in [0.25, 0.3) is 5.92 Å². The maximum Gasteiger partial charge on any atom is 0.251 e. The molecule has 2 fully saturated rings. The van der Waals surface area contributed by atoms with Crippen LogP contribution in [0, 0.1) is 17.6 Å². The average Bonchev–Trinajstić information content (AvgIpc) is 3.21. The highest BCUT2D eigenvalue weighted by Crippen LogP contribution is 2.32. The molecule has 7 nitrogen and oxygen atoms in total. The molecule has 12 heteroatoms. The summed E-state index contributed by atoms with van der Waals surface area (Å²) >= 11 is 0. The predicted octanol–water partition coefficient (Wildman–Crippen LogP) is 3.31. The van der Waals surface area contributed by atoms with Crippen LogP contribution in [0.5, 0.6) is 0 Å². The molecule has 190 valence electrons. The Morgan fingerprint density at radius 1 is 1.17 bits per heavy atom. The number of halogens is 4. The monoisotopic (exact) mass is 514 g/mol. The lowest BCUT2D eigenvalue weighted by atomic mass is 10.1. The van der Waals surface area contributed by atoms with Gasteiger partial charge in [0.05, 0.1) is 29.0 Å². The number of alkyl halides is 2. The van der Waals surface area contributed by atoms with Crippen molar-refractivity contribution < 1.29 is 30.8 Å². The second-order valence-corrected chi connectivity index (χ2v) is 11.0. The summed E-state index contributed by atoms with van der Waals surface area (Å²) in [5, 5.41) is 2.66. The molecule has 1 N–H and O–H groups in total. The zero-order valence-electron chi connectivity index (χ0n) is 19.1. The summed E-state index contributed by atoms with van der Waals surface area (Å²) in [4.78, 5) is 18.3. The summed E-state index contributed by atoms with van der Waals surface area (Å²) in [5.41, 5.74) is 0.445. The number of benzene rings is 1. The first-order valence-corrected chi connectivity index (χ1v) is 12.7. The number of hydrogen-bond donors (Lipinski definition) is 1. The van der Waals surface area contributed by atoms with E-state index in [-0.39, 0.29) is 55.5 Å². The Morgan fingerprint density at radius 3 is 2.49 bits per heavy atom. The quantitative estimate of drug-likeness (QED) is 0.599. The van der Waals surface area contributed by atoms with E-state index in [1.807, 2.05) is 6.92 Å². The lowest BCUT2D eigenvalue weighted by Gasteiger charge is -2.33. The molecular weight excluding hydrogens is 488 g/mol. The van der Waals surface area contributed by atoms with Crippen molar-refractivity contribution in [2.45, 2.75) is 49.6 Å². The Hall–Kier alpha value is -2.73. The number of nitrogens with one attached hydrogen (secondary N) is 1. The van der Waals surface area contributed by atoms with Gasteiger partial charge in [0.2, 0.25) is 15.9 Å². The minimum absolute atomic E-state index is 0.00407. The molecule has 2 aliphatic heterocycles. The Kier molecular flexibility index (Phi) is 7.05. The number of piperidine rings is 1. The van der Waals surface area contributed by atoms with Crippen molar-refractivity contribution in [2.75, 3.05) is 24.5 Å². The summed E-state index contributed by atoms with van der Waals surface area (Å²) < 4.78 is 81.8. The Bertz CT molecular complexity index is 1180. The lowest BCUT2D eigenvalue weighted by molar-refractivity contribution is -0.124. The van der Waals surface area contributed by atoms with E-state index in [0.717, 1.165) is 34.8 Å². The maximum atomic E-state index is 14.3. The highest BCUT2D eigenvalue weighted by Gasteiger charge is 2.42. The first-order chi connectivity index (χ1) is 16.5. The SMILES string of the molecule is C[C@@H]1C[C@@H](C(=O)NCc2cc(N3CCC(F)(F)CC3)c(F)cn2)N(S(=O)(=O)c2ccc(F)cc2)C1. The van der Waals surface area contributed by atoms with Gasteiger partial charge in [-0.1, -0.05) is 6.92 Å². The van der Waals surface area contributed by atoms with Crippen LogP contribution >= 0.6 is 0 Å². The van der Waals surface area contributed by atoms with Gasteiger partial charge in [-0.2, -0.15) is 4.31 Å². The number of hydrogen-bond acceptors (Lipinski definition) is 5. The van der Waals surface area contributed by atoms with Crippen molar-refractivity contribution in [3.05, 3.63) is 53.9 Å². The van der Waals surface area contributed by atoms with Crippen LogP contribution in [0.15, 0.2) is 41.4 Å². The fourth-order valence-electron chi connectivity index (χ4n) is 4.43. The molecule has 4 rings (SSSR count). The van der Waals surface area contributed by atoms with E-state index in [1.165, 1.54) is 11.0 Å². The summed E-state index contributed by atoms with van der Waals surface area (Å²) in [6, 6.07) is 4.84. The van der Waals surface area contributed by atoms with E-state index in [1.54, 1.807) is 0 Å². The number of nitrogens with zero attached hydrogens (tertiary/aromatic N) is 3. The third-order valence-electron chi connectivity index (χ3n) is 6.36. The second kappa shape index (κ2) is 9.73. The van der Waals surface area contributed by atoms with E-state index in [2.05, 4.69) is 10.3 Å². The van der Waals surface area contributed by atoms with Crippen molar-refractivity contribution >= 4 is 21.6 Å². The Morgan fingerprint density at radius 2 is 1.83 bits per heavy atom. The average molecular weight is 515 g/mol. The number of aromatic nitrogens is 1. The molecule has 3 heterocycles. The molecule has 0 bridgehead atoms. The number of pyridine rings is 1. The minimum atomic E-state index is -4.03. The fraction of sp³-hybridized carbons (Fsp3) is 0.478. The van der Waals surface area contributed by atoms with Gasteiger partial charge in [-0.3, -0.25) is 9.78 Å².